The number of likely N-dealkylation sites (N-methyl/N-ethyl adjacent to an activating group) is 1. The molecule has 4 heteroatoms. The number of rotatable bonds is 6. The van der Waals surface area contributed by atoms with Crippen molar-refractivity contribution in [3.8, 4) is 11.5 Å². The normalized spacial score (nSPS) is 12.4. The second kappa shape index (κ2) is 6.57. The van der Waals surface area contributed by atoms with Crippen molar-refractivity contribution in [2.45, 2.75) is 26.8 Å². The molecule has 0 radical (unpaired) electrons. The van der Waals surface area contributed by atoms with Crippen LogP contribution in [0.25, 0.3) is 0 Å². The molecule has 1 unspecified atom stereocenters. The van der Waals surface area contributed by atoms with Crippen molar-refractivity contribution in [3.05, 3.63) is 23.3 Å². The average molecular weight is 265 g/mol. The van der Waals surface area contributed by atoms with Gasteiger partial charge in [0.2, 0.25) is 0 Å². The van der Waals surface area contributed by atoms with E-state index in [4.69, 9.17) is 9.47 Å². The lowest BCUT2D eigenvalue weighted by atomic mass is 9.93. The molecule has 0 spiro atoms. The van der Waals surface area contributed by atoms with Crippen LogP contribution in [0.1, 0.15) is 29.8 Å². The van der Waals surface area contributed by atoms with Gasteiger partial charge in [-0.2, -0.15) is 0 Å². The summed E-state index contributed by atoms with van der Waals surface area (Å²) in [6.07, 6.45) is 0. The van der Waals surface area contributed by atoms with E-state index in [1.807, 2.05) is 20.8 Å². The maximum atomic E-state index is 12.6. The van der Waals surface area contributed by atoms with Crippen LogP contribution in [0.3, 0.4) is 0 Å². The molecule has 0 aliphatic carbocycles. The molecule has 4 nitrogen and oxygen atoms in total. The summed E-state index contributed by atoms with van der Waals surface area (Å²) in [5.74, 6) is 1.56. The first-order chi connectivity index (χ1) is 8.97. The summed E-state index contributed by atoms with van der Waals surface area (Å²) in [6, 6.07) is 3.35. The summed E-state index contributed by atoms with van der Waals surface area (Å²) in [4.78, 5) is 12.6. The Morgan fingerprint density at radius 2 is 1.84 bits per heavy atom. The Morgan fingerprint density at radius 3 is 2.26 bits per heavy atom. The third-order valence-corrected chi connectivity index (χ3v) is 3.31. The van der Waals surface area contributed by atoms with Crippen LogP contribution >= 0.6 is 0 Å². The summed E-state index contributed by atoms with van der Waals surface area (Å²) in [5, 5.41) is 3.06. The molecule has 19 heavy (non-hydrogen) atoms. The molecule has 1 aromatic carbocycles. The maximum Gasteiger partial charge on any atom is 0.183 e. The molecule has 0 aliphatic heterocycles. The molecule has 1 aromatic rings. The van der Waals surface area contributed by atoms with Crippen LogP contribution < -0.4 is 14.8 Å². The smallest absolute Gasteiger partial charge is 0.183 e. The van der Waals surface area contributed by atoms with Gasteiger partial charge >= 0.3 is 0 Å². The van der Waals surface area contributed by atoms with E-state index >= 15 is 0 Å². The number of methoxy groups -OCH3 is 2. The van der Waals surface area contributed by atoms with Gasteiger partial charge < -0.3 is 14.8 Å². The van der Waals surface area contributed by atoms with E-state index in [9.17, 15) is 4.79 Å². The van der Waals surface area contributed by atoms with Crippen molar-refractivity contribution in [2.75, 3.05) is 21.3 Å². The van der Waals surface area contributed by atoms with E-state index in [0.717, 1.165) is 11.3 Å². The lowest BCUT2D eigenvalue weighted by molar-refractivity contribution is 0.0919. The van der Waals surface area contributed by atoms with E-state index in [2.05, 4.69) is 5.32 Å². The van der Waals surface area contributed by atoms with Crippen molar-refractivity contribution < 1.29 is 14.3 Å². The first-order valence-electron chi connectivity index (χ1n) is 6.40. The van der Waals surface area contributed by atoms with Gasteiger partial charge in [-0.15, -0.1) is 0 Å². The SMILES string of the molecule is CNC(C(=O)c1ccc(OC)c(C)c1OC)C(C)C. The number of carbonyl (C=O) groups is 1. The standard InChI is InChI=1S/C15H23NO3/c1-9(2)13(16-4)14(17)11-7-8-12(18-5)10(3)15(11)19-6/h7-9,13,16H,1-6H3. The number of ketones is 1. The fraction of sp³-hybridized carbons (Fsp3) is 0.533. The second-order valence-electron chi connectivity index (χ2n) is 4.85. The quantitative estimate of drug-likeness (QED) is 0.803. The van der Waals surface area contributed by atoms with Crippen molar-refractivity contribution >= 4 is 5.78 Å². The van der Waals surface area contributed by atoms with Crippen LogP contribution in [-0.4, -0.2) is 33.1 Å². The minimum atomic E-state index is -0.221. The minimum absolute atomic E-state index is 0.0418. The molecular weight excluding hydrogens is 242 g/mol. The van der Waals surface area contributed by atoms with Crippen molar-refractivity contribution in [3.63, 3.8) is 0 Å². The van der Waals surface area contributed by atoms with Crippen molar-refractivity contribution in [1.82, 2.24) is 5.32 Å². The van der Waals surface area contributed by atoms with E-state index in [-0.39, 0.29) is 17.7 Å². The molecule has 0 heterocycles. The first kappa shape index (κ1) is 15.5. The van der Waals surface area contributed by atoms with Crippen molar-refractivity contribution in [1.29, 1.82) is 0 Å². The van der Waals surface area contributed by atoms with E-state index in [1.54, 1.807) is 33.4 Å². The van der Waals surface area contributed by atoms with Gasteiger partial charge in [0.05, 0.1) is 25.8 Å². The Hall–Kier alpha value is -1.55. The average Bonchev–Trinajstić information content (AvgIpc) is 2.38. The number of hydrogen-bond donors (Lipinski definition) is 1. The summed E-state index contributed by atoms with van der Waals surface area (Å²) < 4.78 is 10.6. The Bertz CT molecular complexity index is 455. The molecule has 0 amide bonds. The predicted molar refractivity (Wildman–Crippen MR) is 76.3 cm³/mol. The third-order valence-electron chi connectivity index (χ3n) is 3.31. The first-order valence-corrected chi connectivity index (χ1v) is 6.40. The number of ether oxygens (including phenoxy) is 2. The van der Waals surface area contributed by atoms with Gasteiger partial charge in [-0.3, -0.25) is 4.79 Å². The highest BCUT2D eigenvalue weighted by atomic mass is 16.5. The summed E-state index contributed by atoms with van der Waals surface area (Å²) in [6.45, 7) is 5.92. The van der Waals surface area contributed by atoms with E-state index < -0.39 is 0 Å². The molecule has 1 rings (SSSR count). The lowest BCUT2D eigenvalue weighted by Gasteiger charge is -2.21. The van der Waals surface area contributed by atoms with Crippen LogP contribution in [0.2, 0.25) is 0 Å². The van der Waals surface area contributed by atoms with Gasteiger partial charge in [0.25, 0.3) is 0 Å². The summed E-state index contributed by atoms with van der Waals surface area (Å²) in [7, 11) is 4.97. The molecule has 1 N–H and O–H groups in total. The Morgan fingerprint density at radius 1 is 1.21 bits per heavy atom. The number of Topliss-reactive ketones (excluding diaryl/α,β-unsaturated/α-hetero) is 1. The molecular formula is C15H23NO3. The van der Waals surface area contributed by atoms with Gasteiger partial charge in [0.1, 0.15) is 11.5 Å². The monoisotopic (exact) mass is 265 g/mol. The van der Waals surface area contributed by atoms with Crippen LogP contribution in [0.15, 0.2) is 12.1 Å². The maximum absolute atomic E-state index is 12.6. The van der Waals surface area contributed by atoms with E-state index in [0.29, 0.717) is 11.3 Å². The molecule has 0 fully saturated rings. The summed E-state index contributed by atoms with van der Waals surface area (Å²) >= 11 is 0. The molecule has 0 saturated carbocycles. The Labute approximate surface area is 115 Å². The van der Waals surface area contributed by atoms with Crippen LogP contribution in [0.4, 0.5) is 0 Å². The van der Waals surface area contributed by atoms with Gasteiger partial charge in [-0.25, -0.2) is 0 Å². The van der Waals surface area contributed by atoms with Gasteiger partial charge in [0.15, 0.2) is 5.78 Å². The third kappa shape index (κ3) is 3.07. The largest absolute Gasteiger partial charge is 0.496 e. The number of nitrogens with one attached hydrogen (secondary N) is 1. The number of benzene rings is 1. The van der Waals surface area contributed by atoms with Crippen molar-refractivity contribution in [2.24, 2.45) is 5.92 Å². The topological polar surface area (TPSA) is 47.6 Å². The molecule has 0 bridgehead atoms. The number of carbonyl (C=O) groups excluding carboxylic acids is 1. The molecule has 0 aromatic heterocycles. The summed E-state index contributed by atoms with van der Waals surface area (Å²) in [5.41, 5.74) is 1.43. The molecule has 0 aliphatic rings. The zero-order valence-corrected chi connectivity index (χ0v) is 12.5. The Balaban J connectivity index is 3.27. The molecule has 1 atom stereocenters. The van der Waals surface area contributed by atoms with Crippen LogP contribution in [0, 0.1) is 12.8 Å². The lowest BCUT2D eigenvalue weighted by Crippen LogP contribution is -2.38. The van der Waals surface area contributed by atoms with Gasteiger partial charge in [0, 0.05) is 5.56 Å². The van der Waals surface area contributed by atoms with Crippen LogP contribution in [0.5, 0.6) is 11.5 Å². The minimum Gasteiger partial charge on any atom is -0.496 e. The Kier molecular flexibility index (Phi) is 5.36. The predicted octanol–water partition coefficient (Wildman–Crippen LogP) is 2.44. The zero-order chi connectivity index (χ0) is 14.6. The van der Waals surface area contributed by atoms with E-state index in [1.165, 1.54) is 0 Å². The fourth-order valence-corrected chi connectivity index (χ4v) is 2.29. The fourth-order valence-electron chi connectivity index (χ4n) is 2.29. The molecule has 0 saturated heterocycles. The number of hydrogen-bond acceptors (Lipinski definition) is 4. The highest BCUT2D eigenvalue weighted by Gasteiger charge is 2.25. The van der Waals surface area contributed by atoms with Crippen LogP contribution in [-0.2, 0) is 0 Å². The van der Waals surface area contributed by atoms with Gasteiger partial charge in [-0.05, 0) is 32.0 Å². The second-order valence-corrected chi connectivity index (χ2v) is 4.85. The zero-order valence-electron chi connectivity index (χ0n) is 12.5. The highest BCUT2D eigenvalue weighted by molar-refractivity contribution is 6.03. The van der Waals surface area contributed by atoms with Gasteiger partial charge in [-0.1, -0.05) is 13.8 Å². The molecule has 106 valence electrons. The highest BCUT2D eigenvalue weighted by Crippen LogP contribution is 2.32.